The molecule has 3 heterocycles. The van der Waals surface area contributed by atoms with E-state index in [9.17, 15) is 14.4 Å². The van der Waals surface area contributed by atoms with Crippen molar-refractivity contribution in [1.29, 1.82) is 0 Å². The van der Waals surface area contributed by atoms with Gasteiger partial charge in [-0.15, -0.1) is 0 Å². The Hall–Kier alpha value is -4.50. The van der Waals surface area contributed by atoms with Crippen LogP contribution in [0.4, 0.5) is 0 Å². The topological polar surface area (TPSA) is 100 Å². The second-order valence-corrected chi connectivity index (χ2v) is 9.92. The molecule has 8 nitrogen and oxygen atoms in total. The van der Waals surface area contributed by atoms with Gasteiger partial charge in [0.05, 0.1) is 35.6 Å². The van der Waals surface area contributed by atoms with Gasteiger partial charge in [-0.3, -0.25) is 14.2 Å². The van der Waals surface area contributed by atoms with Gasteiger partial charge in [0.1, 0.15) is 17.3 Å². The van der Waals surface area contributed by atoms with E-state index in [0.29, 0.717) is 43.4 Å². The number of fused-ring (bicyclic) bond motifs is 1. The number of hydrogen-bond acceptors (Lipinski definition) is 8. The van der Waals surface area contributed by atoms with Gasteiger partial charge in [0.15, 0.2) is 10.6 Å². The number of allylic oxidation sites excluding steroid dienone is 1. The molecule has 1 aliphatic rings. The van der Waals surface area contributed by atoms with Crippen molar-refractivity contribution < 1.29 is 23.5 Å². The highest BCUT2D eigenvalue weighted by Crippen LogP contribution is 2.31. The van der Waals surface area contributed by atoms with Crippen molar-refractivity contribution in [1.82, 2.24) is 4.57 Å². The summed E-state index contributed by atoms with van der Waals surface area (Å²) in [6.07, 6.45) is 1.67. The van der Waals surface area contributed by atoms with Crippen molar-refractivity contribution in [2.24, 2.45) is 4.99 Å². The van der Waals surface area contributed by atoms with E-state index < -0.39 is 12.0 Å². The van der Waals surface area contributed by atoms with Gasteiger partial charge in [-0.2, -0.15) is 0 Å². The number of furan rings is 1. The Morgan fingerprint density at radius 2 is 1.79 bits per heavy atom. The summed E-state index contributed by atoms with van der Waals surface area (Å²) < 4.78 is 18.6. The van der Waals surface area contributed by atoms with Crippen LogP contribution >= 0.6 is 11.3 Å². The Kier molecular flexibility index (Phi) is 7.17. The summed E-state index contributed by atoms with van der Waals surface area (Å²) in [5, 5.41) is 0. The van der Waals surface area contributed by atoms with Crippen LogP contribution in [0.25, 0.3) is 17.4 Å². The summed E-state index contributed by atoms with van der Waals surface area (Å²) in [7, 11) is 1.58. The van der Waals surface area contributed by atoms with Crippen molar-refractivity contribution >= 4 is 29.2 Å². The number of rotatable bonds is 7. The van der Waals surface area contributed by atoms with Crippen LogP contribution in [0.5, 0.6) is 5.75 Å². The number of nitrogens with zero attached hydrogens (tertiary/aromatic N) is 2. The average molecular weight is 543 g/mol. The number of Topliss-reactive ketones (excluding diaryl/α,β-unsaturated/α-hetero) is 1. The SMILES string of the molecule is CCOC(=O)C1=C(C)N=c2s/c(=C\c3ccc(-c4ccc(C(C)=O)cc4)o3)c(=O)n2[C@@H]1c1ccc(OC)cc1. The van der Waals surface area contributed by atoms with Gasteiger partial charge in [0.25, 0.3) is 5.56 Å². The highest BCUT2D eigenvalue weighted by Gasteiger charge is 2.33. The number of aromatic nitrogens is 1. The number of carbonyl (C=O) groups excluding carboxylic acids is 2. The first-order valence-electron chi connectivity index (χ1n) is 12.4. The Bertz CT molecular complexity index is 1770. The molecule has 0 saturated heterocycles. The minimum atomic E-state index is -0.708. The fourth-order valence-corrected chi connectivity index (χ4v) is 5.50. The second-order valence-electron chi connectivity index (χ2n) is 8.91. The normalized spacial score (nSPS) is 15.1. The summed E-state index contributed by atoms with van der Waals surface area (Å²) in [5.74, 6) is 1.25. The van der Waals surface area contributed by atoms with E-state index in [1.165, 1.54) is 22.8 Å². The summed E-state index contributed by atoms with van der Waals surface area (Å²) in [5.41, 5.74) is 2.69. The lowest BCUT2D eigenvalue weighted by atomic mass is 9.96. The Labute approximate surface area is 228 Å². The van der Waals surface area contributed by atoms with Crippen LogP contribution in [-0.2, 0) is 9.53 Å². The third kappa shape index (κ3) is 5.00. The fourth-order valence-electron chi connectivity index (χ4n) is 4.48. The van der Waals surface area contributed by atoms with E-state index >= 15 is 0 Å². The zero-order valence-corrected chi connectivity index (χ0v) is 22.7. The van der Waals surface area contributed by atoms with Gasteiger partial charge in [-0.05, 0) is 50.6 Å². The van der Waals surface area contributed by atoms with Crippen LogP contribution in [0.3, 0.4) is 0 Å². The monoisotopic (exact) mass is 542 g/mol. The van der Waals surface area contributed by atoms with Crippen LogP contribution in [-0.4, -0.2) is 30.0 Å². The highest BCUT2D eigenvalue weighted by atomic mass is 32.1. The smallest absolute Gasteiger partial charge is 0.338 e. The highest BCUT2D eigenvalue weighted by molar-refractivity contribution is 7.07. The minimum absolute atomic E-state index is 0.00801. The second kappa shape index (κ2) is 10.7. The molecule has 0 bridgehead atoms. The maximum Gasteiger partial charge on any atom is 0.338 e. The van der Waals surface area contributed by atoms with Gasteiger partial charge in [0, 0.05) is 17.2 Å². The van der Waals surface area contributed by atoms with Gasteiger partial charge in [-0.25, -0.2) is 9.79 Å². The summed E-state index contributed by atoms with van der Waals surface area (Å²) >= 11 is 1.22. The predicted molar refractivity (Wildman–Crippen MR) is 148 cm³/mol. The lowest BCUT2D eigenvalue weighted by Crippen LogP contribution is -2.39. The van der Waals surface area contributed by atoms with E-state index in [0.717, 1.165) is 11.1 Å². The summed E-state index contributed by atoms with van der Waals surface area (Å²) in [6.45, 7) is 5.21. The molecule has 39 heavy (non-hydrogen) atoms. The van der Waals surface area contributed by atoms with E-state index in [-0.39, 0.29) is 17.9 Å². The molecule has 0 aliphatic carbocycles. The molecule has 1 atom stereocenters. The van der Waals surface area contributed by atoms with E-state index in [4.69, 9.17) is 13.9 Å². The zero-order valence-electron chi connectivity index (χ0n) is 21.9. The third-order valence-electron chi connectivity index (χ3n) is 6.42. The number of ether oxygens (including phenoxy) is 2. The first-order chi connectivity index (χ1) is 18.8. The van der Waals surface area contributed by atoms with Crippen molar-refractivity contribution in [2.45, 2.75) is 26.8 Å². The molecule has 2 aromatic carbocycles. The van der Waals surface area contributed by atoms with Crippen LogP contribution in [0.15, 0.2) is 86.1 Å². The first-order valence-corrected chi connectivity index (χ1v) is 13.2. The van der Waals surface area contributed by atoms with E-state index in [1.54, 1.807) is 57.4 Å². The summed E-state index contributed by atoms with van der Waals surface area (Å²) in [4.78, 5) is 43.4. The fraction of sp³-hybridized carbons (Fsp3) is 0.200. The predicted octanol–water partition coefficient (Wildman–Crippen LogP) is 4.27. The molecule has 198 valence electrons. The molecule has 0 spiro atoms. The lowest BCUT2D eigenvalue weighted by molar-refractivity contribution is -0.139. The van der Waals surface area contributed by atoms with Crippen molar-refractivity contribution in [3.05, 3.63) is 109 Å². The number of ketones is 1. The maximum atomic E-state index is 13.7. The molecule has 0 saturated carbocycles. The van der Waals surface area contributed by atoms with Gasteiger partial charge >= 0.3 is 5.97 Å². The molecule has 4 aromatic rings. The zero-order chi connectivity index (χ0) is 27.7. The van der Waals surface area contributed by atoms with E-state index in [2.05, 4.69) is 4.99 Å². The minimum Gasteiger partial charge on any atom is -0.497 e. The van der Waals surface area contributed by atoms with Gasteiger partial charge < -0.3 is 13.9 Å². The molecule has 0 unspecified atom stereocenters. The van der Waals surface area contributed by atoms with Crippen LogP contribution in [0, 0.1) is 0 Å². The quantitative estimate of drug-likeness (QED) is 0.255. The number of esters is 1. The van der Waals surface area contributed by atoms with Crippen molar-refractivity contribution in [2.75, 3.05) is 13.7 Å². The standard InChI is InChI=1S/C30H26N2O6S/c1-5-37-29(35)26-17(2)31-30-32(27(26)21-10-12-22(36-4)13-11-21)28(34)25(39-30)16-23-14-15-24(38-23)20-8-6-19(7-9-20)18(3)33/h6-16,27H,5H2,1-4H3/b25-16-/t27-/m1/s1. The molecule has 0 N–H and O–H groups in total. The number of thiazole rings is 1. The summed E-state index contributed by atoms with van der Waals surface area (Å²) in [6, 6.07) is 17.3. The van der Waals surface area contributed by atoms with Gasteiger partial charge in [-0.1, -0.05) is 47.7 Å². The number of methoxy groups -OCH3 is 1. The molecule has 1 aliphatic heterocycles. The lowest BCUT2D eigenvalue weighted by Gasteiger charge is -2.24. The van der Waals surface area contributed by atoms with Crippen molar-refractivity contribution in [3.63, 3.8) is 0 Å². The molecular formula is C30H26N2O6S. The third-order valence-corrected chi connectivity index (χ3v) is 7.41. The Balaban J connectivity index is 1.59. The molecular weight excluding hydrogens is 516 g/mol. The Morgan fingerprint density at radius 1 is 1.08 bits per heavy atom. The molecule has 2 aromatic heterocycles. The van der Waals surface area contributed by atoms with Crippen LogP contribution in [0.1, 0.15) is 48.5 Å². The molecule has 5 rings (SSSR count). The van der Waals surface area contributed by atoms with E-state index in [1.807, 2.05) is 30.3 Å². The molecule has 9 heteroatoms. The molecule has 0 radical (unpaired) electrons. The van der Waals surface area contributed by atoms with Crippen LogP contribution < -0.4 is 19.6 Å². The number of hydrogen-bond donors (Lipinski definition) is 0. The molecule has 0 fully saturated rings. The maximum absolute atomic E-state index is 13.7. The molecule has 0 amide bonds. The largest absolute Gasteiger partial charge is 0.497 e. The average Bonchev–Trinajstić information content (AvgIpc) is 3.52. The van der Waals surface area contributed by atoms with Gasteiger partial charge in [0.2, 0.25) is 0 Å². The van der Waals surface area contributed by atoms with Crippen LogP contribution in [0.2, 0.25) is 0 Å². The Morgan fingerprint density at radius 3 is 2.44 bits per heavy atom. The number of benzene rings is 2. The first kappa shape index (κ1) is 26.1. The van der Waals surface area contributed by atoms with Crippen molar-refractivity contribution in [3.8, 4) is 17.1 Å². The number of carbonyl (C=O) groups is 2.